The number of hydrogen-bond donors (Lipinski definition) is 0. The van der Waals surface area contributed by atoms with Crippen LogP contribution in [0.3, 0.4) is 0 Å². The summed E-state index contributed by atoms with van der Waals surface area (Å²) >= 11 is 11.8. The lowest BCUT2D eigenvalue weighted by Gasteiger charge is -2.23. The van der Waals surface area contributed by atoms with Crippen LogP contribution in [-0.4, -0.2) is 9.97 Å². The molecule has 0 atom stereocenters. The SMILES string of the molecule is CC(C)(c1ccccc1)c1nc(Cl)cc(Cl)n1. The Morgan fingerprint density at radius 2 is 1.47 bits per heavy atom. The molecule has 0 fully saturated rings. The number of aromatic nitrogens is 2. The van der Waals surface area contributed by atoms with Crippen LogP contribution in [-0.2, 0) is 5.41 Å². The minimum Gasteiger partial charge on any atom is -0.220 e. The quantitative estimate of drug-likeness (QED) is 0.765. The molecule has 0 amide bonds. The number of benzene rings is 1. The van der Waals surface area contributed by atoms with Gasteiger partial charge in [0.1, 0.15) is 16.1 Å². The molecule has 0 N–H and O–H groups in total. The molecule has 88 valence electrons. The Hall–Kier alpha value is -1.12. The lowest BCUT2D eigenvalue weighted by atomic mass is 9.84. The van der Waals surface area contributed by atoms with E-state index in [1.165, 1.54) is 6.07 Å². The van der Waals surface area contributed by atoms with Gasteiger partial charge in [0.25, 0.3) is 0 Å². The molecular weight excluding hydrogens is 255 g/mol. The van der Waals surface area contributed by atoms with Crippen LogP contribution in [0.5, 0.6) is 0 Å². The summed E-state index contributed by atoms with van der Waals surface area (Å²) in [6.45, 7) is 4.09. The monoisotopic (exact) mass is 266 g/mol. The van der Waals surface area contributed by atoms with Gasteiger partial charge in [-0.15, -0.1) is 0 Å². The van der Waals surface area contributed by atoms with Crippen LogP contribution in [0.4, 0.5) is 0 Å². The molecule has 2 nitrogen and oxygen atoms in total. The Morgan fingerprint density at radius 3 is 2.00 bits per heavy atom. The molecule has 2 rings (SSSR count). The largest absolute Gasteiger partial charge is 0.220 e. The second-order valence-corrected chi connectivity index (χ2v) is 5.10. The van der Waals surface area contributed by atoms with E-state index in [0.29, 0.717) is 16.1 Å². The summed E-state index contributed by atoms with van der Waals surface area (Å²) in [5.41, 5.74) is 0.800. The molecule has 1 heterocycles. The number of rotatable bonds is 2. The van der Waals surface area contributed by atoms with Crippen molar-refractivity contribution in [3.8, 4) is 0 Å². The summed E-state index contributed by atoms with van der Waals surface area (Å²) < 4.78 is 0. The summed E-state index contributed by atoms with van der Waals surface area (Å²) in [5.74, 6) is 0.626. The van der Waals surface area contributed by atoms with Crippen LogP contribution in [0.15, 0.2) is 36.4 Å². The molecule has 1 aromatic heterocycles. The normalized spacial score (nSPS) is 11.5. The summed E-state index contributed by atoms with van der Waals surface area (Å²) in [4.78, 5) is 8.50. The molecule has 0 unspecified atom stereocenters. The van der Waals surface area contributed by atoms with Crippen molar-refractivity contribution in [1.82, 2.24) is 9.97 Å². The van der Waals surface area contributed by atoms with Gasteiger partial charge in [-0.25, -0.2) is 9.97 Å². The second-order valence-electron chi connectivity index (χ2n) is 4.33. The predicted octanol–water partition coefficient (Wildman–Crippen LogP) is 4.11. The molecule has 0 saturated heterocycles. The van der Waals surface area contributed by atoms with Gasteiger partial charge in [0, 0.05) is 11.5 Å². The molecule has 0 aliphatic carbocycles. The van der Waals surface area contributed by atoms with E-state index in [-0.39, 0.29) is 5.41 Å². The van der Waals surface area contributed by atoms with Crippen LogP contribution in [0.25, 0.3) is 0 Å². The third-order valence-corrected chi connectivity index (χ3v) is 3.11. The maximum atomic E-state index is 5.91. The van der Waals surface area contributed by atoms with Gasteiger partial charge in [0.15, 0.2) is 0 Å². The summed E-state index contributed by atoms with van der Waals surface area (Å²) in [6, 6.07) is 11.6. The van der Waals surface area contributed by atoms with Crippen molar-refractivity contribution >= 4 is 23.2 Å². The molecule has 0 radical (unpaired) electrons. The molecular formula is C13H12Cl2N2. The highest BCUT2D eigenvalue weighted by molar-refractivity contribution is 6.33. The fraction of sp³-hybridized carbons (Fsp3) is 0.231. The molecule has 0 bridgehead atoms. The van der Waals surface area contributed by atoms with Crippen molar-refractivity contribution in [3.63, 3.8) is 0 Å². The highest BCUT2D eigenvalue weighted by atomic mass is 35.5. The summed E-state index contributed by atoms with van der Waals surface area (Å²) in [5, 5.41) is 0.730. The second kappa shape index (κ2) is 4.63. The van der Waals surface area contributed by atoms with Gasteiger partial charge in [-0.3, -0.25) is 0 Å². The topological polar surface area (TPSA) is 25.8 Å². The number of hydrogen-bond acceptors (Lipinski definition) is 2. The standard InChI is InChI=1S/C13H12Cl2N2/c1-13(2,9-6-4-3-5-7-9)12-16-10(14)8-11(15)17-12/h3-8H,1-2H3. The van der Waals surface area contributed by atoms with E-state index in [1.54, 1.807) is 0 Å². The Balaban J connectivity index is 2.51. The molecule has 4 heteroatoms. The minimum absolute atomic E-state index is 0.324. The lowest BCUT2D eigenvalue weighted by Crippen LogP contribution is -2.22. The van der Waals surface area contributed by atoms with E-state index < -0.39 is 0 Å². The van der Waals surface area contributed by atoms with Crippen molar-refractivity contribution in [1.29, 1.82) is 0 Å². The fourth-order valence-corrected chi connectivity index (χ4v) is 2.08. The fourth-order valence-electron chi connectivity index (χ4n) is 1.65. The molecule has 2 aromatic rings. The molecule has 0 saturated carbocycles. The van der Waals surface area contributed by atoms with Gasteiger partial charge in [-0.1, -0.05) is 53.5 Å². The van der Waals surface area contributed by atoms with E-state index in [4.69, 9.17) is 23.2 Å². The molecule has 17 heavy (non-hydrogen) atoms. The van der Waals surface area contributed by atoms with Gasteiger partial charge >= 0.3 is 0 Å². The summed E-state index contributed by atoms with van der Waals surface area (Å²) in [6.07, 6.45) is 0. The van der Waals surface area contributed by atoms with Crippen LogP contribution in [0.2, 0.25) is 10.3 Å². The molecule has 0 spiro atoms. The van der Waals surface area contributed by atoms with E-state index in [0.717, 1.165) is 5.56 Å². The molecule has 1 aromatic carbocycles. The Bertz CT molecular complexity index is 504. The van der Waals surface area contributed by atoms with Gasteiger partial charge in [0.2, 0.25) is 0 Å². The van der Waals surface area contributed by atoms with Crippen LogP contribution >= 0.6 is 23.2 Å². The van der Waals surface area contributed by atoms with E-state index in [2.05, 4.69) is 9.97 Å². The first-order valence-corrected chi connectivity index (χ1v) is 6.02. The van der Waals surface area contributed by atoms with E-state index in [9.17, 15) is 0 Å². The number of halogens is 2. The van der Waals surface area contributed by atoms with E-state index >= 15 is 0 Å². The number of nitrogens with zero attached hydrogens (tertiary/aromatic N) is 2. The van der Waals surface area contributed by atoms with Gasteiger partial charge in [-0.2, -0.15) is 0 Å². The first-order valence-electron chi connectivity index (χ1n) is 5.26. The van der Waals surface area contributed by atoms with Crippen molar-refractivity contribution in [2.45, 2.75) is 19.3 Å². The zero-order valence-corrected chi connectivity index (χ0v) is 11.1. The molecule has 0 aliphatic heterocycles. The first-order chi connectivity index (χ1) is 8.00. The third-order valence-electron chi connectivity index (χ3n) is 2.72. The van der Waals surface area contributed by atoms with Crippen molar-refractivity contribution in [3.05, 3.63) is 58.1 Å². The average molecular weight is 267 g/mol. The lowest BCUT2D eigenvalue weighted by molar-refractivity contribution is 0.590. The zero-order chi connectivity index (χ0) is 12.5. The van der Waals surface area contributed by atoms with Crippen LogP contribution < -0.4 is 0 Å². The Kier molecular flexibility index (Phi) is 3.36. The van der Waals surface area contributed by atoms with Crippen molar-refractivity contribution < 1.29 is 0 Å². The van der Waals surface area contributed by atoms with Crippen LogP contribution in [0.1, 0.15) is 25.2 Å². The van der Waals surface area contributed by atoms with Crippen molar-refractivity contribution in [2.75, 3.05) is 0 Å². The Morgan fingerprint density at radius 1 is 0.941 bits per heavy atom. The highest BCUT2D eigenvalue weighted by Crippen LogP contribution is 2.30. The minimum atomic E-state index is -0.324. The average Bonchev–Trinajstić information content (AvgIpc) is 2.29. The maximum Gasteiger partial charge on any atom is 0.141 e. The Labute approximate surface area is 111 Å². The zero-order valence-electron chi connectivity index (χ0n) is 9.61. The van der Waals surface area contributed by atoms with Crippen molar-refractivity contribution in [2.24, 2.45) is 0 Å². The molecule has 0 aliphatic rings. The smallest absolute Gasteiger partial charge is 0.141 e. The first kappa shape index (κ1) is 12.3. The van der Waals surface area contributed by atoms with Gasteiger partial charge in [0.05, 0.1) is 0 Å². The van der Waals surface area contributed by atoms with Gasteiger partial charge in [-0.05, 0) is 19.4 Å². The summed E-state index contributed by atoms with van der Waals surface area (Å²) in [7, 11) is 0. The van der Waals surface area contributed by atoms with E-state index in [1.807, 2.05) is 44.2 Å². The van der Waals surface area contributed by atoms with Gasteiger partial charge < -0.3 is 0 Å². The maximum absolute atomic E-state index is 5.91. The highest BCUT2D eigenvalue weighted by Gasteiger charge is 2.26. The third kappa shape index (κ3) is 2.59. The predicted molar refractivity (Wildman–Crippen MR) is 70.6 cm³/mol. The van der Waals surface area contributed by atoms with Crippen LogP contribution in [0, 0.1) is 0 Å².